The molecule has 0 saturated carbocycles. The monoisotopic (exact) mass is 327 g/mol. The summed E-state index contributed by atoms with van der Waals surface area (Å²) in [5.74, 6) is -0.798. The molecule has 0 radical (unpaired) electrons. The Kier molecular flexibility index (Phi) is 4.84. The van der Waals surface area contributed by atoms with Gasteiger partial charge in [-0.25, -0.2) is 4.39 Å². The maximum Gasteiger partial charge on any atom is 0.229 e. The highest BCUT2D eigenvalue weighted by molar-refractivity contribution is 5.97. The van der Waals surface area contributed by atoms with Gasteiger partial charge in [0, 0.05) is 37.6 Å². The second-order valence-electron chi connectivity index (χ2n) is 5.84. The number of rotatable bonds is 5. The number of amides is 2. The molecule has 1 unspecified atom stereocenters. The Labute approximate surface area is 139 Å². The molecule has 1 aromatic heterocycles. The smallest absolute Gasteiger partial charge is 0.229 e. The third-order valence-electron chi connectivity index (χ3n) is 4.12. The standard InChI is InChI=1S/C18H18FN3O2/c19-15-3-1-13(2-4-15)7-10-22-12-14(11-17(22)23)18(24)21-16-5-8-20-9-6-16/h1-6,8-9,14H,7,10-12H2,(H,20,21,24). The minimum atomic E-state index is -0.348. The van der Waals surface area contributed by atoms with Gasteiger partial charge in [-0.2, -0.15) is 0 Å². The molecule has 3 rings (SSSR count). The van der Waals surface area contributed by atoms with Crippen molar-refractivity contribution in [3.8, 4) is 0 Å². The number of hydrogen-bond donors (Lipinski definition) is 1. The SMILES string of the molecule is O=C(Nc1ccncc1)C1CC(=O)N(CCc2ccc(F)cc2)C1. The van der Waals surface area contributed by atoms with Crippen LogP contribution in [0.25, 0.3) is 0 Å². The van der Waals surface area contributed by atoms with Crippen molar-refractivity contribution in [2.75, 3.05) is 18.4 Å². The lowest BCUT2D eigenvalue weighted by molar-refractivity contribution is -0.128. The first-order chi connectivity index (χ1) is 11.6. The molecule has 0 spiro atoms. The largest absolute Gasteiger partial charge is 0.342 e. The van der Waals surface area contributed by atoms with Crippen LogP contribution in [0.4, 0.5) is 10.1 Å². The number of benzene rings is 1. The summed E-state index contributed by atoms with van der Waals surface area (Å²) in [6.45, 7) is 0.945. The lowest BCUT2D eigenvalue weighted by Gasteiger charge is -2.16. The summed E-state index contributed by atoms with van der Waals surface area (Å²) in [5, 5.41) is 2.81. The van der Waals surface area contributed by atoms with Gasteiger partial charge in [0.2, 0.25) is 11.8 Å². The molecule has 1 aliphatic rings. The molecule has 0 bridgehead atoms. The molecule has 124 valence electrons. The Balaban J connectivity index is 1.53. The van der Waals surface area contributed by atoms with Crippen molar-refractivity contribution in [3.63, 3.8) is 0 Å². The van der Waals surface area contributed by atoms with E-state index in [4.69, 9.17) is 0 Å². The molecule has 2 aromatic rings. The average molecular weight is 327 g/mol. The number of halogens is 1. The minimum Gasteiger partial charge on any atom is -0.342 e. The Bertz CT molecular complexity index is 719. The van der Waals surface area contributed by atoms with E-state index < -0.39 is 0 Å². The molecule has 0 aliphatic carbocycles. The van der Waals surface area contributed by atoms with Crippen molar-refractivity contribution in [1.82, 2.24) is 9.88 Å². The van der Waals surface area contributed by atoms with Crippen LogP contribution >= 0.6 is 0 Å². The maximum absolute atomic E-state index is 12.9. The molecule has 5 nitrogen and oxygen atoms in total. The first-order valence-electron chi connectivity index (χ1n) is 7.85. The third-order valence-corrected chi connectivity index (χ3v) is 4.12. The zero-order valence-electron chi connectivity index (χ0n) is 13.1. The zero-order valence-corrected chi connectivity index (χ0v) is 13.1. The van der Waals surface area contributed by atoms with Gasteiger partial charge in [0.05, 0.1) is 5.92 Å². The summed E-state index contributed by atoms with van der Waals surface area (Å²) in [6.07, 6.45) is 4.07. The van der Waals surface area contributed by atoms with Gasteiger partial charge in [0.15, 0.2) is 0 Å². The Morgan fingerprint density at radius 1 is 1.21 bits per heavy atom. The number of anilines is 1. The summed E-state index contributed by atoms with van der Waals surface area (Å²) in [6, 6.07) is 9.66. The van der Waals surface area contributed by atoms with Crippen molar-refractivity contribution in [2.24, 2.45) is 5.92 Å². The van der Waals surface area contributed by atoms with Gasteiger partial charge >= 0.3 is 0 Å². The van der Waals surface area contributed by atoms with E-state index in [0.29, 0.717) is 25.2 Å². The number of carbonyl (C=O) groups is 2. The van der Waals surface area contributed by atoms with Gasteiger partial charge in [-0.1, -0.05) is 12.1 Å². The van der Waals surface area contributed by atoms with Crippen LogP contribution in [-0.4, -0.2) is 34.8 Å². The number of hydrogen-bond acceptors (Lipinski definition) is 3. The third kappa shape index (κ3) is 3.95. The van der Waals surface area contributed by atoms with Crippen molar-refractivity contribution in [2.45, 2.75) is 12.8 Å². The van der Waals surface area contributed by atoms with E-state index in [1.807, 2.05) is 0 Å². The molecule has 1 N–H and O–H groups in total. The van der Waals surface area contributed by atoms with Crippen LogP contribution in [0.1, 0.15) is 12.0 Å². The highest BCUT2D eigenvalue weighted by Gasteiger charge is 2.33. The van der Waals surface area contributed by atoms with E-state index in [0.717, 1.165) is 5.56 Å². The van der Waals surface area contributed by atoms with E-state index >= 15 is 0 Å². The van der Waals surface area contributed by atoms with Gasteiger partial charge < -0.3 is 10.2 Å². The van der Waals surface area contributed by atoms with Crippen LogP contribution in [0.3, 0.4) is 0 Å². The van der Waals surface area contributed by atoms with Crippen LogP contribution in [-0.2, 0) is 16.0 Å². The van der Waals surface area contributed by atoms with E-state index in [-0.39, 0.29) is 30.0 Å². The van der Waals surface area contributed by atoms with Crippen LogP contribution in [0, 0.1) is 11.7 Å². The summed E-state index contributed by atoms with van der Waals surface area (Å²) in [7, 11) is 0. The van der Waals surface area contributed by atoms with E-state index in [2.05, 4.69) is 10.3 Å². The topological polar surface area (TPSA) is 62.3 Å². The minimum absolute atomic E-state index is 0.0213. The maximum atomic E-state index is 12.9. The average Bonchev–Trinajstić information content (AvgIpc) is 2.96. The van der Waals surface area contributed by atoms with Crippen molar-refractivity contribution in [1.29, 1.82) is 0 Å². The van der Waals surface area contributed by atoms with E-state index in [1.54, 1.807) is 41.6 Å². The molecule has 1 saturated heterocycles. The molecule has 2 heterocycles. The Morgan fingerprint density at radius 3 is 2.62 bits per heavy atom. The molecular formula is C18H18FN3O2. The lowest BCUT2D eigenvalue weighted by Crippen LogP contribution is -2.30. The number of carbonyl (C=O) groups excluding carboxylic acids is 2. The van der Waals surface area contributed by atoms with Crippen molar-refractivity contribution >= 4 is 17.5 Å². The Hall–Kier alpha value is -2.76. The summed E-state index contributed by atoms with van der Waals surface area (Å²) < 4.78 is 12.9. The van der Waals surface area contributed by atoms with Crippen LogP contribution in [0.15, 0.2) is 48.8 Å². The molecule has 6 heteroatoms. The van der Waals surface area contributed by atoms with Crippen LogP contribution in [0.2, 0.25) is 0 Å². The zero-order chi connectivity index (χ0) is 16.9. The molecule has 2 amide bonds. The molecule has 1 fully saturated rings. The molecule has 1 atom stereocenters. The summed E-state index contributed by atoms with van der Waals surface area (Å²) >= 11 is 0. The second kappa shape index (κ2) is 7.21. The highest BCUT2D eigenvalue weighted by atomic mass is 19.1. The number of pyridine rings is 1. The second-order valence-corrected chi connectivity index (χ2v) is 5.84. The predicted octanol–water partition coefficient (Wildman–Crippen LogP) is 2.25. The molecular weight excluding hydrogens is 309 g/mol. The Morgan fingerprint density at radius 2 is 1.92 bits per heavy atom. The molecule has 1 aliphatic heterocycles. The van der Waals surface area contributed by atoms with Gasteiger partial charge in [0.25, 0.3) is 0 Å². The number of nitrogens with one attached hydrogen (secondary N) is 1. The van der Waals surface area contributed by atoms with E-state index in [9.17, 15) is 14.0 Å². The first kappa shape index (κ1) is 16.1. The van der Waals surface area contributed by atoms with Crippen molar-refractivity contribution < 1.29 is 14.0 Å². The molecule has 24 heavy (non-hydrogen) atoms. The quantitative estimate of drug-likeness (QED) is 0.916. The normalized spacial score (nSPS) is 17.1. The van der Waals surface area contributed by atoms with E-state index in [1.165, 1.54) is 12.1 Å². The van der Waals surface area contributed by atoms with Crippen molar-refractivity contribution in [3.05, 3.63) is 60.2 Å². The van der Waals surface area contributed by atoms with Crippen LogP contribution < -0.4 is 5.32 Å². The number of likely N-dealkylation sites (tertiary alicyclic amines) is 1. The fraction of sp³-hybridized carbons (Fsp3) is 0.278. The first-order valence-corrected chi connectivity index (χ1v) is 7.85. The van der Waals surface area contributed by atoms with Crippen LogP contribution in [0.5, 0.6) is 0 Å². The van der Waals surface area contributed by atoms with Gasteiger partial charge in [-0.15, -0.1) is 0 Å². The summed E-state index contributed by atoms with van der Waals surface area (Å²) in [5.41, 5.74) is 1.64. The van der Waals surface area contributed by atoms with Gasteiger partial charge in [0.1, 0.15) is 5.82 Å². The number of nitrogens with zero attached hydrogens (tertiary/aromatic N) is 2. The van der Waals surface area contributed by atoms with Gasteiger partial charge in [-0.05, 0) is 36.2 Å². The van der Waals surface area contributed by atoms with Gasteiger partial charge in [-0.3, -0.25) is 14.6 Å². The summed E-state index contributed by atoms with van der Waals surface area (Å²) in [4.78, 5) is 29.9. The lowest BCUT2D eigenvalue weighted by atomic mass is 10.1. The molecule has 1 aromatic carbocycles. The fourth-order valence-corrected chi connectivity index (χ4v) is 2.76. The number of aromatic nitrogens is 1. The highest BCUT2D eigenvalue weighted by Crippen LogP contribution is 2.20. The predicted molar refractivity (Wildman–Crippen MR) is 87.7 cm³/mol. The fourth-order valence-electron chi connectivity index (χ4n) is 2.76.